The summed E-state index contributed by atoms with van der Waals surface area (Å²) >= 11 is 3.43. The molecule has 1 unspecified atom stereocenters. The SMILES string of the molecule is CCCOc1ccccc1C(C)(O)Cc1ccc(Br)cc1. The maximum absolute atomic E-state index is 10.9. The number of benzene rings is 2. The van der Waals surface area contributed by atoms with Crippen molar-refractivity contribution >= 4 is 15.9 Å². The van der Waals surface area contributed by atoms with E-state index in [4.69, 9.17) is 4.74 Å². The lowest BCUT2D eigenvalue weighted by Gasteiger charge is -2.26. The average molecular weight is 349 g/mol. The molecule has 2 rings (SSSR count). The van der Waals surface area contributed by atoms with Gasteiger partial charge < -0.3 is 9.84 Å². The van der Waals surface area contributed by atoms with Crippen molar-refractivity contribution in [3.63, 3.8) is 0 Å². The fourth-order valence-electron chi connectivity index (χ4n) is 2.34. The van der Waals surface area contributed by atoms with E-state index in [1.165, 1.54) is 0 Å². The fourth-order valence-corrected chi connectivity index (χ4v) is 2.61. The second kappa shape index (κ2) is 7.10. The lowest BCUT2D eigenvalue weighted by molar-refractivity contribution is 0.0542. The highest BCUT2D eigenvalue weighted by Crippen LogP contribution is 2.33. The van der Waals surface area contributed by atoms with E-state index in [2.05, 4.69) is 22.9 Å². The molecule has 0 aromatic heterocycles. The smallest absolute Gasteiger partial charge is 0.125 e. The molecule has 0 heterocycles. The molecule has 0 aliphatic rings. The molecule has 0 aliphatic carbocycles. The molecule has 2 nitrogen and oxygen atoms in total. The Bertz CT molecular complexity index is 576. The van der Waals surface area contributed by atoms with Crippen LogP contribution in [0.2, 0.25) is 0 Å². The van der Waals surface area contributed by atoms with Crippen LogP contribution in [0.1, 0.15) is 31.4 Å². The van der Waals surface area contributed by atoms with Crippen LogP contribution in [0.25, 0.3) is 0 Å². The van der Waals surface area contributed by atoms with Gasteiger partial charge in [-0.3, -0.25) is 0 Å². The highest BCUT2D eigenvalue weighted by Gasteiger charge is 2.27. The van der Waals surface area contributed by atoms with Crippen LogP contribution in [0.15, 0.2) is 53.0 Å². The molecule has 2 aromatic carbocycles. The van der Waals surface area contributed by atoms with Crippen LogP contribution in [0.5, 0.6) is 5.75 Å². The van der Waals surface area contributed by atoms with Crippen LogP contribution in [-0.2, 0) is 12.0 Å². The van der Waals surface area contributed by atoms with Gasteiger partial charge in [0.05, 0.1) is 12.2 Å². The molecule has 0 saturated heterocycles. The van der Waals surface area contributed by atoms with E-state index in [9.17, 15) is 5.11 Å². The van der Waals surface area contributed by atoms with Gasteiger partial charge in [0, 0.05) is 16.5 Å². The number of rotatable bonds is 6. The van der Waals surface area contributed by atoms with Crippen molar-refractivity contribution in [2.45, 2.75) is 32.3 Å². The quantitative estimate of drug-likeness (QED) is 0.820. The first-order chi connectivity index (χ1) is 10.0. The zero-order chi connectivity index (χ0) is 15.3. The summed E-state index contributed by atoms with van der Waals surface area (Å²) in [6.45, 7) is 4.57. The summed E-state index contributed by atoms with van der Waals surface area (Å²) < 4.78 is 6.80. The number of aliphatic hydroxyl groups is 1. The van der Waals surface area contributed by atoms with Gasteiger partial charge in [0.15, 0.2) is 0 Å². The lowest BCUT2D eigenvalue weighted by atomic mass is 9.88. The minimum atomic E-state index is -0.960. The highest BCUT2D eigenvalue weighted by atomic mass is 79.9. The Hall–Kier alpha value is -1.32. The number of para-hydroxylation sites is 1. The second-order valence-corrected chi connectivity index (χ2v) is 6.34. The van der Waals surface area contributed by atoms with E-state index in [0.717, 1.165) is 27.8 Å². The Balaban J connectivity index is 2.24. The first-order valence-electron chi connectivity index (χ1n) is 7.22. The van der Waals surface area contributed by atoms with E-state index < -0.39 is 5.60 Å². The average Bonchev–Trinajstić information content (AvgIpc) is 2.47. The van der Waals surface area contributed by atoms with Gasteiger partial charge in [-0.25, -0.2) is 0 Å². The second-order valence-electron chi connectivity index (χ2n) is 5.42. The predicted molar refractivity (Wildman–Crippen MR) is 89.6 cm³/mol. The Morgan fingerprint density at radius 2 is 1.76 bits per heavy atom. The summed E-state index contributed by atoms with van der Waals surface area (Å²) in [6.07, 6.45) is 1.50. The summed E-state index contributed by atoms with van der Waals surface area (Å²) in [5.41, 5.74) is 0.966. The monoisotopic (exact) mass is 348 g/mol. The maximum Gasteiger partial charge on any atom is 0.125 e. The molecule has 0 aliphatic heterocycles. The van der Waals surface area contributed by atoms with Crippen LogP contribution in [0, 0.1) is 0 Å². The Kier molecular flexibility index (Phi) is 5.43. The van der Waals surface area contributed by atoms with Crippen molar-refractivity contribution in [2.75, 3.05) is 6.61 Å². The topological polar surface area (TPSA) is 29.5 Å². The van der Waals surface area contributed by atoms with Crippen molar-refractivity contribution in [1.29, 1.82) is 0 Å². The van der Waals surface area contributed by atoms with Crippen LogP contribution in [-0.4, -0.2) is 11.7 Å². The zero-order valence-corrected chi connectivity index (χ0v) is 14.1. The molecule has 112 valence electrons. The number of halogens is 1. The molecule has 0 saturated carbocycles. The molecule has 0 radical (unpaired) electrons. The van der Waals surface area contributed by atoms with Crippen molar-refractivity contribution in [2.24, 2.45) is 0 Å². The van der Waals surface area contributed by atoms with Gasteiger partial charge in [0.2, 0.25) is 0 Å². The van der Waals surface area contributed by atoms with E-state index in [0.29, 0.717) is 13.0 Å². The molecule has 0 fully saturated rings. The van der Waals surface area contributed by atoms with Crippen molar-refractivity contribution in [3.8, 4) is 5.75 Å². The lowest BCUT2D eigenvalue weighted by Crippen LogP contribution is -2.25. The fraction of sp³-hybridized carbons (Fsp3) is 0.333. The van der Waals surface area contributed by atoms with Crippen molar-refractivity contribution < 1.29 is 9.84 Å². The Morgan fingerprint density at radius 1 is 1.10 bits per heavy atom. The third kappa shape index (κ3) is 4.32. The maximum atomic E-state index is 10.9. The molecule has 21 heavy (non-hydrogen) atoms. The summed E-state index contributed by atoms with van der Waals surface area (Å²) in [7, 11) is 0. The molecule has 1 N–H and O–H groups in total. The Labute approximate surface area is 134 Å². The molecule has 3 heteroatoms. The number of hydrogen-bond acceptors (Lipinski definition) is 2. The van der Waals surface area contributed by atoms with Gasteiger partial charge in [-0.1, -0.05) is 53.2 Å². The van der Waals surface area contributed by atoms with Crippen LogP contribution < -0.4 is 4.74 Å². The van der Waals surface area contributed by atoms with E-state index in [1.807, 2.05) is 55.5 Å². The zero-order valence-electron chi connectivity index (χ0n) is 12.5. The number of ether oxygens (including phenoxy) is 1. The van der Waals surface area contributed by atoms with Crippen LogP contribution in [0.3, 0.4) is 0 Å². The van der Waals surface area contributed by atoms with Gasteiger partial charge >= 0.3 is 0 Å². The van der Waals surface area contributed by atoms with Gasteiger partial charge in [-0.2, -0.15) is 0 Å². The minimum Gasteiger partial charge on any atom is -0.493 e. The first-order valence-corrected chi connectivity index (χ1v) is 8.01. The highest BCUT2D eigenvalue weighted by molar-refractivity contribution is 9.10. The minimum absolute atomic E-state index is 0.548. The summed E-state index contributed by atoms with van der Waals surface area (Å²) in [5, 5.41) is 10.9. The Morgan fingerprint density at radius 3 is 2.43 bits per heavy atom. The normalized spacial score (nSPS) is 13.7. The third-order valence-electron chi connectivity index (χ3n) is 3.39. The number of hydrogen-bond donors (Lipinski definition) is 1. The standard InChI is InChI=1S/C18H21BrO2/c1-3-12-21-17-7-5-4-6-16(17)18(2,20)13-14-8-10-15(19)11-9-14/h4-11,20H,3,12-13H2,1-2H3. The molecular formula is C18H21BrO2. The largest absolute Gasteiger partial charge is 0.493 e. The van der Waals surface area contributed by atoms with Crippen LogP contribution >= 0.6 is 15.9 Å². The molecule has 0 amide bonds. The predicted octanol–water partition coefficient (Wildman–Crippen LogP) is 4.69. The van der Waals surface area contributed by atoms with E-state index >= 15 is 0 Å². The van der Waals surface area contributed by atoms with Crippen molar-refractivity contribution in [3.05, 3.63) is 64.1 Å². The molecule has 0 bridgehead atoms. The summed E-state index contributed by atoms with van der Waals surface area (Å²) in [4.78, 5) is 0. The molecule has 1 atom stereocenters. The van der Waals surface area contributed by atoms with Gasteiger partial charge in [0.25, 0.3) is 0 Å². The van der Waals surface area contributed by atoms with Crippen molar-refractivity contribution in [1.82, 2.24) is 0 Å². The van der Waals surface area contributed by atoms with Gasteiger partial charge in [-0.05, 0) is 37.1 Å². The van der Waals surface area contributed by atoms with E-state index in [1.54, 1.807) is 0 Å². The molecular weight excluding hydrogens is 328 g/mol. The molecule has 0 spiro atoms. The third-order valence-corrected chi connectivity index (χ3v) is 3.92. The van der Waals surface area contributed by atoms with E-state index in [-0.39, 0.29) is 0 Å². The summed E-state index contributed by atoms with van der Waals surface area (Å²) in [5.74, 6) is 0.765. The molecule has 2 aromatic rings. The summed E-state index contributed by atoms with van der Waals surface area (Å²) in [6, 6.07) is 15.7. The van der Waals surface area contributed by atoms with Gasteiger partial charge in [0.1, 0.15) is 5.75 Å². The van der Waals surface area contributed by atoms with Gasteiger partial charge in [-0.15, -0.1) is 0 Å². The van der Waals surface area contributed by atoms with Crippen LogP contribution in [0.4, 0.5) is 0 Å². The first kappa shape index (κ1) is 16.1.